The van der Waals surface area contributed by atoms with Gasteiger partial charge < -0.3 is 4.74 Å². The third kappa shape index (κ3) is 5.73. The van der Waals surface area contributed by atoms with Crippen LogP contribution in [0.15, 0.2) is 0 Å². The molecule has 0 aromatic heterocycles. The van der Waals surface area contributed by atoms with E-state index in [-0.39, 0.29) is 30.0 Å². The Hall–Kier alpha value is -0.280. The van der Waals surface area contributed by atoms with Gasteiger partial charge in [0, 0.05) is 18.9 Å². The highest BCUT2D eigenvalue weighted by molar-refractivity contribution is 5.85. The predicted octanol–water partition coefficient (Wildman–Crippen LogP) is 3.01. The minimum Gasteiger partial charge on any atom is -0.463 e. The van der Waals surface area contributed by atoms with Gasteiger partial charge in [0.2, 0.25) is 0 Å². The summed E-state index contributed by atoms with van der Waals surface area (Å²) in [6, 6.07) is 0. The molecule has 1 rings (SSSR count). The SMILES string of the molecule is CC(=O)OC(C)CC(C)(C)N1CCCCC1.Cl. The van der Waals surface area contributed by atoms with Gasteiger partial charge in [-0.1, -0.05) is 6.42 Å². The molecule has 0 bridgehead atoms. The zero-order valence-electron chi connectivity index (χ0n) is 11.5. The first-order valence-electron chi connectivity index (χ1n) is 6.34. The second kappa shape index (κ2) is 7.22. The van der Waals surface area contributed by atoms with Gasteiger partial charge in [-0.15, -0.1) is 12.4 Å². The maximum atomic E-state index is 10.9. The van der Waals surface area contributed by atoms with Crippen LogP contribution in [0.5, 0.6) is 0 Å². The van der Waals surface area contributed by atoms with E-state index >= 15 is 0 Å². The first-order chi connectivity index (χ1) is 7.42. The van der Waals surface area contributed by atoms with E-state index in [1.54, 1.807) is 0 Å². The molecular weight excluding hydrogens is 238 g/mol. The Morgan fingerprint density at radius 1 is 1.29 bits per heavy atom. The van der Waals surface area contributed by atoms with Gasteiger partial charge >= 0.3 is 5.97 Å². The Morgan fingerprint density at radius 3 is 2.29 bits per heavy atom. The van der Waals surface area contributed by atoms with E-state index in [9.17, 15) is 4.79 Å². The molecule has 17 heavy (non-hydrogen) atoms. The molecule has 1 atom stereocenters. The summed E-state index contributed by atoms with van der Waals surface area (Å²) in [5.41, 5.74) is 0.134. The van der Waals surface area contributed by atoms with E-state index in [1.807, 2.05) is 6.92 Å². The Kier molecular flexibility index (Phi) is 7.10. The summed E-state index contributed by atoms with van der Waals surface area (Å²) in [6.07, 6.45) is 4.87. The molecule has 0 N–H and O–H groups in total. The Morgan fingerprint density at radius 2 is 1.82 bits per heavy atom. The van der Waals surface area contributed by atoms with Crippen LogP contribution in [0, 0.1) is 0 Å². The van der Waals surface area contributed by atoms with Crippen LogP contribution in [0.4, 0.5) is 0 Å². The highest BCUT2D eigenvalue weighted by Gasteiger charge is 2.30. The number of piperidine rings is 1. The molecule has 1 aliphatic heterocycles. The maximum absolute atomic E-state index is 10.9. The number of carbonyl (C=O) groups is 1. The number of halogens is 1. The van der Waals surface area contributed by atoms with Gasteiger partial charge in [-0.3, -0.25) is 9.69 Å². The summed E-state index contributed by atoms with van der Waals surface area (Å²) < 4.78 is 5.21. The number of likely N-dealkylation sites (tertiary alicyclic amines) is 1. The summed E-state index contributed by atoms with van der Waals surface area (Å²) in [7, 11) is 0. The molecule has 0 saturated carbocycles. The number of nitrogens with zero attached hydrogens (tertiary/aromatic N) is 1. The van der Waals surface area contributed by atoms with Gasteiger partial charge in [-0.05, 0) is 46.7 Å². The molecule has 1 saturated heterocycles. The highest BCUT2D eigenvalue weighted by Crippen LogP contribution is 2.25. The summed E-state index contributed by atoms with van der Waals surface area (Å²) in [5.74, 6) is -0.179. The molecule has 1 fully saturated rings. The molecular formula is C13H26ClNO2. The lowest BCUT2D eigenvalue weighted by atomic mass is 9.92. The Labute approximate surface area is 111 Å². The Bertz CT molecular complexity index is 238. The second-order valence-corrected chi connectivity index (χ2v) is 5.48. The van der Waals surface area contributed by atoms with Crippen LogP contribution < -0.4 is 0 Å². The van der Waals surface area contributed by atoms with Crippen LogP contribution in [0.1, 0.15) is 53.4 Å². The summed E-state index contributed by atoms with van der Waals surface area (Å²) >= 11 is 0. The number of rotatable bonds is 4. The van der Waals surface area contributed by atoms with E-state index in [0.717, 1.165) is 6.42 Å². The average Bonchev–Trinajstić information content (AvgIpc) is 2.16. The van der Waals surface area contributed by atoms with Crippen LogP contribution in [0.2, 0.25) is 0 Å². The molecule has 0 amide bonds. The number of carbonyl (C=O) groups excluding carboxylic acids is 1. The monoisotopic (exact) mass is 263 g/mol. The molecule has 4 heteroatoms. The predicted molar refractivity (Wildman–Crippen MR) is 72.6 cm³/mol. The largest absolute Gasteiger partial charge is 0.463 e. The van der Waals surface area contributed by atoms with Gasteiger partial charge in [0.15, 0.2) is 0 Å². The van der Waals surface area contributed by atoms with Crippen molar-refractivity contribution in [1.82, 2.24) is 4.90 Å². The smallest absolute Gasteiger partial charge is 0.302 e. The van der Waals surface area contributed by atoms with Crippen LogP contribution in [0.25, 0.3) is 0 Å². The van der Waals surface area contributed by atoms with Gasteiger partial charge in [0.1, 0.15) is 6.10 Å². The average molecular weight is 264 g/mol. The fourth-order valence-corrected chi connectivity index (χ4v) is 2.66. The lowest BCUT2D eigenvalue weighted by Gasteiger charge is -2.42. The second-order valence-electron chi connectivity index (χ2n) is 5.48. The molecule has 0 radical (unpaired) electrons. The lowest BCUT2D eigenvalue weighted by Crippen LogP contribution is -2.48. The minimum atomic E-state index is -0.179. The van der Waals surface area contributed by atoms with Gasteiger partial charge in [-0.2, -0.15) is 0 Å². The zero-order valence-corrected chi connectivity index (χ0v) is 12.3. The first kappa shape index (κ1) is 16.7. The summed E-state index contributed by atoms with van der Waals surface area (Å²) in [4.78, 5) is 13.4. The van der Waals surface area contributed by atoms with E-state index < -0.39 is 0 Å². The van der Waals surface area contributed by atoms with Gasteiger partial charge in [0.25, 0.3) is 0 Å². The number of hydrogen-bond acceptors (Lipinski definition) is 3. The van der Waals surface area contributed by atoms with E-state index in [2.05, 4.69) is 18.7 Å². The molecule has 3 nitrogen and oxygen atoms in total. The molecule has 1 heterocycles. The molecule has 0 aromatic carbocycles. The van der Waals surface area contributed by atoms with E-state index in [0.29, 0.717) is 0 Å². The molecule has 0 spiro atoms. The number of esters is 1. The highest BCUT2D eigenvalue weighted by atomic mass is 35.5. The lowest BCUT2D eigenvalue weighted by molar-refractivity contribution is -0.147. The van der Waals surface area contributed by atoms with Gasteiger partial charge in [0.05, 0.1) is 0 Å². The molecule has 0 aliphatic carbocycles. The number of ether oxygens (including phenoxy) is 1. The van der Waals surface area contributed by atoms with Crippen molar-refractivity contribution in [2.45, 2.75) is 65.0 Å². The third-order valence-corrected chi connectivity index (χ3v) is 3.37. The first-order valence-corrected chi connectivity index (χ1v) is 6.34. The van der Waals surface area contributed by atoms with Crippen molar-refractivity contribution >= 4 is 18.4 Å². The van der Waals surface area contributed by atoms with Crippen molar-refractivity contribution in [1.29, 1.82) is 0 Å². The van der Waals surface area contributed by atoms with Crippen molar-refractivity contribution in [3.8, 4) is 0 Å². The van der Waals surface area contributed by atoms with Crippen molar-refractivity contribution in [3.63, 3.8) is 0 Å². The van der Waals surface area contributed by atoms with Crippen LogP contribution in [-0.2, 0) is 9.53 Å². The number of hydrogen-bond donors (Lipinski definition) is 0. The normalized spacial score (nSPS) is 19.3. The molecule has 1 aliphatic rings. The van der Waals surface area contributed by atoms with Crippen molar-refractivity contribution in [2.75, 3.05) is 13.1 Å². The van der Waals surface area contributed by atoms with Crippen LogP contribution >= 0.6 is 12.4 Å². The standard InChI is InChI=1S/C13H25NO2.ClH/c1-11(16-12(2)15)10-13(3,4)14-8-6-5-7-9-14;/h11H,5-10H2,1-4H3;1H. The molecule has 1 unspecified atom stereocenters. The minimum absolute atomic E-state index is 0. The van der Waals surface area contributed by atoms with Crippen molar-refractivity contribution in [3.05, 3.63) is 0 Å². The van der Waals surface area contributed by atoms with Crippen LogP contribution in [0.3, 0.4) is 0 Å². The van der Waals surface area contributed by atoms with E-state index in [4.69, 9.17) is 4.74 Å². The molecule has 0 aromatic rings. The summed E-state index contributed by atoms with van der Waals surface area (Å²) in [5, 5.41) is 0. The van der Waals surface area contributed by atoms with Gasteiger partial charge in [-0.25, -0.2) is 0 Å². The topological polar surface area (TPSA) is 29.5 Å². The van der Waals surface area contributed by atoms with Crippen molar-refractivity contribution in [2.24, 2.45) is 0 Å². The van der Waals surface area contributed by atoms with E-state index in [1.165, 1.54) is 39.3 Å². The zero-order chi connectivity index (χ0) is 12.2. The fourth-order valence-electron chi connectivity index (χ4n) is 2.66. The summed E-state index contributed by atoms with van der Waals surface area (Å²) in [6.45, 7) is 10.3. The molecule has 102 valence electrons. The van der Waals surface area contributed by atoms with Crippen LogP contribution in [-0.4, -0.2) is 35.6 Å². The quantitative estimate of drug-likeness (QED) is 0.731. The third-order valence-electron chi connectivity index (χ3n) is 3.37. The van der Waals surface area contributed by atoms with Crippen molar-refractivity contribution < 1.29 is 9.53 Å². The Balaban J connectivity index is 0.00000256. The maximum Gasteiger partial charge on any atom is 0.302 e. The fraction of sp³-hybridized carbons (Fsp3) is 0.923.